The number of hydrogen-bond donors (Lipinski definition) is 2. The molecule has 0 bridgehead atoms. The van der Waals surface area contributed by atoms with Crippen LogP contribution in [0.3, 0.4) is 0 Å². The number of nitrogens with zero attached hydrogens (tertiary/aromatic N) is 1. The summed E-state index contributed by atoms with van der Waals surface area (Å²) in [5.41, 5.74) is 8.53. The van der Waals surface area contributed by atoms with Crippen LogP contribution in [0.4, 0.5) is 5.69 Å². The Hall–Kier alpha value is -3.26. The van der Waals surface area contributed by atoms with E-state index in [2.05, 4.69) is 4.84 Å². The van der Waals surface area contributed by atoms with Gasteiger partial charge in [0, 0.05) is 12.1 Å². The highest BCUT2D eigenvalue weighted by Crippen LogP contribution is 2.12. The molecule has 2 aromatic carbocycles. The molecule has 0 radical (unpaired) electrons. The summed E-state index contributed by atoms with van der Waals surface area (Å²) in [6.45, 7) is 0. The third-order valence-electron chi connectivity index (χ3n) is 3.19. The van der Waals surface area contributed by atoms with E-state index in [4.69, 9.17) is 5.73 Å². The number of nitrogens with two attached hydrogens (primary N) is 1. The van der Waals surface area contributed by atoms with E-state index in [9.17, 15) is 19.7 Å². The van der Waals surface area contributed by atoms with Crippen LogP contribution in [-0.4, -0.2) is 22.8 Å². The third kappa shape index (κ3) is 4.62. The zero-order valence-corrected chi connectivity index (χ0v) is 12.5. The van der Waals surface area contributed by atoms with Gasteiger partial charge in [0.2, 0.25) is 0 Å². The number of non-ortho nitro benzene ring substituents is 1. The highest BCUT2D eigenvalue weighted by Gasteiger charge is 2.17. The summed E-state index contributed by atoms with van der Waals surface area (Å²) in [5.74, 6) is -1.49. The van der Waals surface area contributed by atoms with Crippen molar-refractivity contribution in [1.29, 1.82) is 0 Å². The molecule has 1 amide bonds. The third-order valence-corrected chi connectivity index (χ3v) is 3.19. The van der Waals surface area contributed by atoms with Gasteiger partial charge in [-0.2, -0.15) is 5.48 Å². The van der Waals surface area contributed by atoms with Crippen molar-refractivity contribution in [3.05, 3.63) is 75.8 Å². The Bertz CT molecular complexity index is 731. The Morgan fingerprint density at radius 2 is 1.75 bits per heavy atom. The number of benzene rings is 2. The predicted octanol–water partition coefficient (Wildman–Crippen LogP) is 1.35. The van der Waals surface area contributed by atoms with Gasteiger partial charge in [0.05, 0.1) is 16.5 Å². The van der Waals surface area contributed by atoms with E-state index in [1.54, 1.807) is 0 Å². The van der Waals surface area contributed by atoms with Crippen LogP contribution >= 0.6 is 0 Å². The van der Waals surface area contributed by atoms with Gasteiger partial charge >= 0.3 is 5.97 Å². The second kappa shape index (κ2) is 7.84. The largest absolute Gasteiger partial charge is 0.362 e. The van der Waals surface area contributed by atoms with Gasteiger partial charge < -0.3 is 10.6 Å². The Balaban J connectivity index is 1.86. The summed E-state index contributed by atoms with van der Waals surface area (Å²) in [5, 5.41) is 10.5. The minimum atomic E-state index is -0.878. The standard InChI is InChI=1S/C16H15N3O5/c17-14(10-11-4-2-1-3-5-11)15(20)18-24-16(21)12-6-8-13(9-7-12)19(22)23/h1-9,14H,10,17H2,(H,18,20). The lowest BCUT2D eigenvalue weighted by atomic mass is 10.1. The summed E-state index contributed by atoms with van der Waals surface area (Å²) in [6, 6.07) is 13.1. The summed E-state index contributed by atoms with van der Waals surface area (Å²) >= 11 is 0. The van der Waals surface area contributed by atoms with Crippen LogP contribution < -0.4 is 11.2 Å². The maximum atomic E-state index is 11.8. The van der Waals surface area contributed by atoms with Crippen molar-refractivity contribution < 1.29 is 19.3 Å². The van der Waals surface area contributed by atoms with Gasteiger partial charge in [-0.1, -0.05) is 30.3 Å². The maximum Gasteiger partial charge on any atom is 0.362 e. The molecule has 124 valence electrons. The topological polar surface area (TPSA) is 125 Å². The molecule has 0 fully saturated rings. The van der Waals surface area contributed by atoms with Crippen LogP contribution in [0, 0.1) is 10.1 Å². The number of nitrogens with one attached hydrogen (secondary N) is 1. The molecular weight excluding hydrogens is 314 g/mol. The van der Waals surface area contributed by atoms with Crippen LogP contribution in [0.15, 0.2) is 54.6 Å². The minimum absolute atomic E-state index is 0.0672. The number of carbonyl (C=O) groups is 2. The van der Waals surface area contributed by atoms with Crippen molar-refractivity contribution in [2.45, 2.75) is 12.5 Å². The molecule has 2 rings (SSSR count). The lowest BCUT2D eigenvalue weighted by molar-refractivity contribution is -0.384. The van der Waals surface area contributed by atoms with Gasteiger partial charge in [-0.15, -0.1) is 0 Å². The predicted molar refractivity (Wildman–Crippen MR) is 84.8 cm³/mol. The number of hydroxylamine groups is 1. The molecule has 0 aromatic heterocycles. The molecule has 8 heteroatoms. The van der Waals surface area contributed by atoms with Gasteiger partial charge in [0.25, 0.3) is 11.6 Å². The second-order valence-electron chi connectivity index (χ2n) is 4.96. The molecule has 0 aliphatic heterocycles. The maximum absolute atomic E-state index is 11.8. The van der Waals surface area contributed by atoms with E-state index >= 15 is 0 Å². The first kappa shape index (κ1) is 17.1. The first-order chi connectivity index (χ1) is 11.5. The summed E-state index contributed by atoms with van der Waals surface area (Å²) in [6.07, 6.45) is 0.293. The molecule has 2 aromatic rings. The van der Waals surface area contributed by atoms with Crippen LogP contribution in [0.1, 0.15) is 15.9 Å². The summed E-state index contributed by atoms with van der Waals surface area (Å²) in [4.78, 5) is 38.2. The number of hydrogen-bond acceptors (Lipinski definition) is 6. The van der Waals surface area contributed by atoms with Crippen LogP contribution in [0.2, 0.25) is 0 Å². The van der Waals surface area contributed by atoms with Gasteiger partial charge in [-0.25, -0.2) is 4.79 Å². The number of rotatable bonds is 5. The van der Waals surface area contributed by atoms with E-state index in [1.807, 2.05) is 35.8 Å². The van der Waals surface area contributed by atoms with E-state index < -0.39 is 22.8 Å². The van der Waals surface area contributed by atoms with Crippen molar-refractivity contribution in [3.8, 4) is 0 Å². The van der Waals surface area contributed by atoms with Gasteiger partial charge in [-0.05, 0) is 24.1 Å². The first-order valence-corrected chi connectivity index (χ1v) is 7.02. The average Bonchev–Trinajstić information content (AvgIpc) is 2.60. The molecule has 0 aliphatic carbocycles. The van der Waals surface area contributed by atoms with E-state index in [1.165, 1.54) is 24.3 Å². The van der Waals surface area contributed by atoms with Gasteiger partial charge in [0.15, 0.2) is 0 Å². The molecular formula is C16H15N3O5. The number of amides is 1. The summed E-state index contributed by atoms with van der Waals surface area (Å²) in [7, 11) is 0. The molecule has 8 nitrogen and oxygen atoms in total. The molecule has 3 N–H and O–H groups in total. The number of carbonyl (C=O) groups excluding carboxylic acids is 2. The van der Waals surface area contributed by atoms with Gasteiger partial charge in [0.1, 0.15) is 0 Å². The fourth-order valence-corrected chi connectivity index (χ4v) is 1.91. The molecule has 0 aliphatic rings. The summed E-state index contributed by atoms with van der Waals surface area (Å²) < 4.78 is 0. The first-order valence-electron chi connectivity index (χ1n) is 7.02. The van der Waals surface area contributed by atoms with Gasteiger partial charge in [-0.3, -0.25) is 14.9 Å². The highest BCUT2D eigenvalue weighted by atomic mass is 16.7. The Labute approximate surface area is 137 Å². The monoisotopic (exact) mass is 329 g/mol. The van der Waals surface area contributed by atoms with Crippen LogP contribution in [0.25, 0.3) is 0 Å². The highest BCUT2D eigenvalue weighted by molar-refractivity contribution is 5.91. The van der Waals surface area contributed by atoms with E-state index in [-0.39, 0.29) is 11.3 Å². The smallest absolute Gasteiger partial charge is 0.335 e. The van der Waals surface area contributed by atoms with Crippen molar-refractivity contribution >= 4 is 17.6 Å². The lowest BCUT2D eigenvalue weighted by Crippen LogP contribution is -2.42. The van der Waals surface area contributed by atoms with E-state index in [0.29, 0.717) is 6.42 Å². The Morgan fingerprint density at radius 1 is 1.12 bits per heavy atom. The quantitative estimate of drug-likeness (QED) is 0.630. The van der Waals surface area contributed by atoms with Crippen LogP contribution in [-0.2, 0) is 16.1 Å². The zero-order valence-electron chi connectivity index (χ0n) is 12.5. The molecule has 1 unspecified atom stereocenters. The molecule has 24 heavy (non-hydrogen) atoms. The minimum Gasteiger partial charge on any atom is -0.335 e. The fraction of sp³-hybridized carbons (Fsp3) is 0.125. The molecule has 1 atom stereocenters. The van der Waals surface area contributed by atoms with Crippen molar-refractivity contribution in [2.75, 3.05) is 0 Å². The average molecular weight is 329 g/mol. The van der Waals surface area contributed by atoms with E-state index in [0.717, 1.165) is 5.56 Å². The fourth-order valence-electron chi connectivity index (χ4n) is 1.91. The Morgan fingerprint density at radius 3 is 2.33 bits per heavy atom. The van der Waals surface area contributed by atoms with Crippen molar-refractivity contribution in [2.24, 2.45) is 5.73 Å². The molecule has 0 heterocycles. The zero-order chi connectivity index (χ0) is 17.5. The molecule has 0 saturated heterocycles. The van der Waals surface area contributed by atoms with Crippen molar-refractivity contribution in [1.82, 2.24) is 5.48 Å². The molecule has 0 spiro atoms. The Kier molecular flexibility index (Phi) is 5.58. The lowest BCUT2D eigenvalue weighted by Gasteiger charge is -2.12. The number of nitro benzene ring substituents is 1. The van der Waals surface area contributed by atoms with Crippen molar-refractivity contribution in [3.63, 3.8) is 0 Å². The number of nitro groups is 1. The van der Waals surface area contributed by atoms with Crippen LogP contribution in [0.5, 0.6) is 0 Å². The second-order valence-corrected chi connectivity index (χ2v) is 4.96. The molecule has 0 saturated carbocycles. The normalized spacial score (nSPS) is 11.4. The SMILES string of the molecule is NC(Cc1ccccc1)C(=O)NOC(=O)c1ccc([N+](=O)[O-])cc1.